The third-order valence-corrected chi connectivity index (χ3v) is 6.43. The van der Waals surface area contributed by atoms with Crippen molar-refractivity contribution in [3.8, 4) is 5.75 Å². The predicted octanol–water partition coefficient (Wildman–Crippen LogP) is 4.29. The number of amides is 1. The predicted molar refractivity (Wildman–Crippen MR) is 117 cm³/mol. The molecule has 0 aliphatic heterocycles. The highest BCUT2D eigenvalue weighted by molar-refractivity contribution is 9.10. The average Bonchev–Trinajstić information content (AvgIpc) is 2.74. The summed E-state index contributed by atoms with van der Waals surface area (Å²) in [7, 11) is -2.45. The number of anilines is 2. The number of nitrogens with one attached hydrogen (secondary N) is 1. The smallest absolute Gasteiger partial charge is 0.264 e. The largest absolute Gasteiger partial charge is 0.495 e. The normalized spacial score (nSPS) is 11.0. The van der Waals surface area contributed by atoms with Gasteiger partial charge in [-0.25, -0.2) is 8.42 Å². The molecule has 0 radical (unpaired) electrons. The fourth-order valence-electron chi connectivity index (χ4n) is 2.71. The quantitative estimate of drug-likeness (QED) is 0.553. The van der Waals surface area contributed by atoms with Crippen LogP contribution in [0.25, 0.3) is 0 Å². The zero-order valence-corrected chi connectivity index (χ0v) is 18.0. The van der Waals surface area contributed by atoms with E-state index in [1.54, 1.807) is 66.7 Å². The molecule has 0 saturated heterocycles. The Kier molecular flexibility index (Phi) is 6.56. The lowest BCUT2D eigenvalue weighted by Crippen LogP contribution is -2.38. The Labute approximate surface area is 178 Å². The lowest BCUT2D eigenvalue weighted by molar-refractivity contribution is -0.114. The van der Waals surface area contributed by atoms with Crippen molar-refractivity contribution in [2.24, 2.45) is 0 Å². The van der Waals surface area contributed by atoms with Gasteiger partial charge in [-0.05, 0) is 48.5 Å². The second-order valence-electron chi connectivity index (χ2n) is 6.05. The Bertz CT molecular complexity index is 1090. The van der Waals surface area contributed by atoms with Crippen molar-refractivity contribution in [3.05, 3.63) is 83.3 Å². The molecule has 0 fully saturated rings. The van der Waals surface area contributed by atoms with Gasteiger partial charge in [0.25, 0.3) is 10.0 Å². The first-order chi connectivity index (χ1) is 13.9. The number of benzene rings is 3. The molecular weight excluding hydrogens is 456 g/mol. The molecule has 6 nitrogen and oxygen atoms in total. The Morgan fingerprint density at radius 2 is 1.59 bits per heavy atom. The molecule has 1 N–H and O–H groups in total. The number of hydrogen-bond donors (Lipinski definition) is 1. The van der Waals surface area contributed by atoms with E-state index in [1.807, 2.05) is 0 Å². The van der Waals surface area contributed by atoms with Gasteiger partial charge in [0, 0.05) is 4.47 Å². The van der Waals surface area contributed by atoms with Crippen molar-refractivity contribution in [3.63, 3.8) is 0 Å². The van der Waals surface area contributed by atoms with E-state index in [0.29, 0.717) is 17.1 Å². The van der Waals surface area contributed by atoms with Crippen LogP contribution in [-0.4, -0.2) is 28.0 Å². The summed E-state index contributed by atoms with van der Waals surface area (Å²) in [5.41, 5.74) is 0.847. The summed E-state index contributed by atoms with van der Waals surface area (Å²) in [6.07, 6.45) is 0. The van der Waals surface area contributed by atoms with Crippen molar-refractivity contribution in [1.29, 1.82) is 0 Å². The number of carbonyl (C=O) groups is 1. The Morgan fingerprint density at radius 3 is 2.24 bits per heavy atom. The topological polar surface area (TPSA) is 75.7 Å². The summed E-state index contributed by atoms with van der Waals surface area (Å²) in [5.74, 6) is -0.00103. The number of nitrogens with zero attached hydrogens (tertiary/aromatic N) is 1. The highest BCUT2D eigenvalue weighted by Gasteiger charge is 2.27. The molecule has 0 saturated carbocycles. The van der Waals surface area contributed by atoms with Crippen LogP contribution < -0.4 is 14.4 Å². The van der Waals surface area contributed by atoms with E-state index in [1.165, 1.54) is 19.2 Å². The van der Waals surface area contributed by atoms with Crippen molar-refractivity contribution < 1.29 is 17.9 Å². The first-order valence-corrected chi connectivity index (χ1v) is 10.9. The van der Waals surface area contributed by atoms with Crippen LogP contribution in [0.3, 0.4) is 0 Å². The minimum Gasteiger partial charge on any atom is -0.495 e. The third kappa shape index (κ3) is 4.96. The zero-order chi connectivity index (χ0) is 20.9. The first-order valence-electron chi connectivity index (χ1n) is 8.68. The van der Waals surface area contributed by atoms with Crippen LogP contribution in [0.15, 0.2) is 88.2 Å². The molecule has 0 spiro atoms. The van der Waals surface area contributed by atoms with E-state index < -0.39 is 22.5 Å². The van der Waals surface area contributed by atoms with Gasteiger partial charge in [0.05, 0.1) is 23.4 Å². The SMILES string of the molecule is COc1ccccc1NC(=O)CN(c1ccc(Br)cc1)S(=O)(=O)c1ccccc1. The minimum absolute atomic E-state index is 0.105. The maximum Gasteiger partial charge on any atom is 0.264 e. The van der Waals surface area contributed by atoms with Crippen molar-refractivity contribution in [2.75, 3.05) is 23.3 Å². The average molecular weight is 475 g/mol. The van der Waals surface area contributed by atoms with Gasteiger partial charge < -0.3 is 10.1 Å². The van der Waals surface area contributed by atoms with Crippen LogP contribution in [0.2, 0.25) is 0 Å². The third-order valence-electron chi connectivity index (χ3n) is 4.11. The highest BCUT2D eigenvalue weighted by atomic mass is 79.9. The molecule has 0 aliphatic rings. The summed E-state index contributed by atoms with van der Waals surface area (Å²) in [6.45, 7) is -0.392. The van der Waals surface area contributed by atoms with E-state index in [4.69, 9.17) is 4.74 Å². The number of ether oxygens (including phenoxy) is 1. The van der Waals surface area contributed by atoms with Crippen molar-refractivity contribution in [1.82, 2.24) is 0 Å². The number of sulfonamides is 1. The zero-order valence-electron chi connectivity index (χ0n) is 15.6. The summed E-state index contributed by atoms with van der Waals surface area (Å²) in [5, 5.41) is 2.72. The van der Waals surface area contributed by atoms with Crippen LogP contribution >= 0.6 is 15.9 Å². The van der Waals surface area contributed by atoms with Crippen LogP contribution in [0.5, 0.6) is 5.75 Å². The molecule has 0 bridgehead atoms. The second kappa shape index (κ2) is 9.11. The molecule has 0 atom stereocenters. The monoisotopic (exact) mass is 474 g/mol. The highest BCUT2D eigenvalue weighted by Crippen LogP contribution is 2.26. The minimum atomic E-state index is -3.94. The Hall–Kier alpha value is -2.84. The number of methoxy groups -OCH3 is 1. The standard InChI is InChI=1S/C21H19BrN2O4S/c1-28-20-10-6-5-9-19(20)23-21(25)15-24(17-13-11-16(22)12-14-17)29(26,27)18-7-3-2-4-8-18/h2-14H,15H2,1H3,(H,23,25). The van der Waals surface area contributed by atoms with Crippen LogP contribution in [0.4, 0.5) is 11.4 Å². The summed E-state index contributed by atoms with van der Waals surface area (Å²) < 4.78 is 33.6. The van der Waals surface area contributed by atoms with Crippen LogP contribution in [0, 0.1) is 0 Å². The van der Waals surface area contributed by atoms with Gasteiger partial charge in [0.2, 0.25) is 5.91 Å². The molecule has 0 aliphatic carbocycles. The number of rotatable bonds is 7. The van der Waals surface area contributed by atoms with E-state index in [9.17, 15) is 13.2 Å². The Morgan fingerprint density at radius 1 is 0.966 bits per heavy atom. The number of carbonyl (C=O) groups excluding carboxylic acids is 1. The maximum absolute atomic E-state index is 13.2. The fourth-order valence-corrected chi connectivity index (χ4v) is 4.42. The molecule has 3 rings (SSSR count). The molecule has 8 heteroatoms. The lowest BCUT2D eigenvalue weighted by atomic mass is 10.3. The molecule has 3 aromatic rings. The van der Waals surface area contributed by atoms with E-state index in [2.05, 4.69) is 21.2 Å². The molecule has 150 valence electrons. The van der Waals surface area contributed by atoms with Gasteiger partial charge in [-0.2, -0.15) is 0 Å². The second-order valence-corrected chi connectivity index (χ2v) is 8.83. The number of para-hydroxylation sites is 2. The van der Waals surface area contributed by atoms with Crippen LogP contribution in [-0.2, 0) is 14.8 Å². The van der Waals surface area contributed by atoms with Gasteiger partial charge in [0.1, 0.15) is 12.3 Å². The van der Waals surface area contributed by atoms with Crippen molar-refractivity contribution >= 4 is 43.2 Å². The summed E-state index contributed by atoms with van der Waals surface area (Å²) >= 11 is 3.34. The molecule has 0 unspecified atom stereocenters. The van der Waals surface area contributed by atoms with Crippen LogP contribution in [0.1, 0.15) is 0 Å². The number of hydrogen-bond acceptors (Lipinski definition) is 4. The molecule has 0 aromatic heterocycles. The molecule has 29 heavy (non-hydrogen) atoms. The molecular formula is C21H19BrN2O4S. The Balaban J connectivity index is 1.93. The van der Waals surface area contributed by atoms with E-state index in [-0.39, 0.29) is 4.90 Å². The fraction of sp³-hybridized carbons (Fsp3) is 0.0952. The summed E-state index contributed by atoms with van der Waals surface area (Å²) in [6, 6.07) is 21.7. The van der Waals surface area contributed by atoms with Gasteiger partial charge in [0.15, 0.2) is 0 Å². The summed E-state index contributed by atoms with van der Waals surface area (Å²) in [4.78, 5) is 12.8. The van der Waals surface area contributed by atoms with E-state index >= 15 is 0 Å². The maximum atomic E-state index is 13.2. The van der Waals surface area contributed by atoms with Gasteiger partial charge in [-0.15, -0.1) is 0 Å². The molecule has 1 amide bonds. The molecule has 3 aromatic carbocycles. The van der Waals surface area contributed by atoms with Crippen molar-refractivity contribution in [2.45, 2.75) is 4.90 Å². The molecule has 0 heterocycles. The van der Waals surface area contributed by atoms with Gasteiger partial charge in [-0.3, -0.25) is 9.10 Å². The first kappa shape index (κ1) is 20.9. The van der Waals surface area contributed by atoms with Gasteiger partial charge >= 0.3 is 0 Å². The lowest BCUT2D eigenvalue weighted by Gasteiger charge is -2.24. The number of halogens is 1. The van der Waals surface area contributed by atoms with Gasteiger partial charge in [-0.1, -0.05) is 46.3 Å². The van der Waals surface area contributed by atoms with E-state index in [0.717, 1.165) is 8.78 Å².